The number of amides is 1. The third-order valence-corrected chi connectivity index (χ3v) is 6.12. The normalized spacial score (nSPS) is 11.6. The van der Waals surface area contributed by atoms with Gasteiger partial charge in [-0.15, -0.1) is 11.3 Å². The van der Waals surface area contributed by atoms with Gasteiger partial charge in [0.15, 0.2) is 0 Å². The maximum Gasteiger partial charge on any atom is 0.328 e. The second-order valence-electron chi connectivity index (χ2n) is 7.87. The number of fused-ring (bicyclic) bond motifs is 2. The lowest BCUT2D eigenvalue weighted by molar-refractivity contribution is -0.143. The van der Waals surface area contributed by atoms with Crippen molar-refractivity contribution >= 4 is 44.2 Å². The molecule has 0 saturated heterocycles. The van der Waals surface area contributed by atoms with Crippen molar-refractivity contribution in [2.75, 3.05) is 6.61 Å². The number of carbonyl (C=O) groups is 2. The van der Waals surface area contributed by atoms with Crippen molar-refractivity contribution in [1.82, 2.24) is 10.3 Å². The van der Waals surface area contributed by atoms with Crippen LogP contribution in [-0.2, 0) is 11.2 Å². The summed E-state index contributed by atoms with van der Waals surface area (Å²) in [5, 5.41) is 14.3. The largest absolute Gasteiger partial charge is 0.492 e. The molecule has 0 spiro atoms. The zero-order chi connectivity index (χ0) is 22.9. The van der Waals surface area contributed by atoms with Crippen molar-refractivity contribution in [3.05, 3.63) is 71.0 Å². The maximum atomic E-state index is 13.4. The Morgan fingerprint density at radius 3 is 2.72 bits per heavy atom. The monoisotopic (exact) mass is 452 g/mol. The fourth-order valence-corrected chi connectivity index (χ4v) is 4.25. The van der Waals surface area contributed by atoms with Crippen molar-refractivity contribution in [3.63, 3.8) is 0 Å². The van der Waals surface area contributed by atoms with Crippen molar-refractivity contribution in [2.24, 2.45) is 0 Å². The standard InChI is InChI=1S/C24H21FN2O4S/c1-24(2,23(29)30)27-22(28)17-9-7-14-5-3-4-6-16(14)21(17)31-12-11-20-26-18-10-8-15(25)13-19(18)32-20/h3-10,13H,11-12H2,1-2H3,(H,27,28)(H,29,30). The molecule has 164 valence electrons. The molecule has 3 aromatic carbocycles. The first-order chi connectivity index (χ1) is 15.2. The van der Waals surface area contributed by atoms with E-state index in [4.69, 9.17) is 4.74 Å². The molecule has 1 amide bonds. The van der Waals surface area contributed by atoms with Crippen LogP contribution in [0.2, 0.25) is 0 Å². The van der Waals surface area contributed by atoms with Crippen molar-refractivity contribution in [2.45, 2.75) is 25.8 Å². The number of carbonyl (C=O) groups excluding carboxylic acids is 1. The van der Waals surface area contributed by atoms with E-state index in [0.29, 0.717) is 12.2 Å². The van der Waals surface area contributed by atoms with Gasteiger partial charge in [0.2, 0.25) is 0 Å². The Kier molecular flexibility index (Phi) is 5.80. The molecule has 0 radical (unpaired) electrons. The number of halogens is 1. The summed E-state index contributed by atoms with van der Waals surface area (Å²) < 4.78 is 20.3. The van der Waals surface area contributed by atoms with E-state index in [-0.39, 0.29) is 18.0 Å². The molecule has 1 heterocycles. The van der Waals surface area contributed by atoms with Gasteiger partial charge in [-0.05, 0) is 43.5 Å². The average molecular weight is 453 g/mol. The molecule has 32 heavy (non-hydrogen) atoms. The van der Waals surface area contributed by atoms with E-state index in [1.165, 1.54) is 37.3 Å². The number of nitrogens with zero attached hydrogens (tertiary/aromatic N) is 1. The summed E-state index contributed by atoms with van der Waals surface area (Å²) in [7, 11) is 0. The molecular weight excluding hydrogens is 431 g/mol. The van der Waals surface area contributed by atoms with Crippen LogP contribution in [-0.4, -0.2) is 34.1 Å². The van der Waals surface area contributed by atoms with E-state index in [2.05, 4.69) is 10.3 Å². The summed E-state index contributed by atoms with van der Waals surface area (Å²) in [5.41, 5.74) is -0.451. The van der Waals surface area contributed by atoms with E-state index >= 15 is 0 Å². The lowest BCUT2D eigenvalue weighted by Gasteiger charge is -2.22. The predicted molar refractivity (Wildman–Crippen MR) is 122 cm³/mol. The Balaban J connectivity index is 1.60. The first kappa shape index (κ1) is 21.7. The first-order valence-corrected chi connectivity index (χ1v) is 10.8. The molecule has 0 unspecified atom stereocenters. The third-order valence-electron chi connectivity index (χ3n) is 5.04. The lowest BCUT2D eigenvalue weighted by Crippen LogP contribution is -2.49. The van der Waals surface area contributed by atoms with Gasteiger partial charge in [0, 0.05) is 11.8 Å². The Bertz CT molecular complexity index is 1330. The second-order valence-corrected chi connectivity index (χ2v) is 8.98. The van der Waals surface area contributed by atoms with Gasteiger partial charge < -0.3 is 15.2 Å². The fraction of sp³-hybridized carbons (Fsp3) is 0.208. The van der Waals surface area contributed by atoms with Crippen LogP contribution in [0.5, 0.6) is 5.75 Å². The summed E-state index contributed by atoms with van der Waals surface area (Å²) in [6.07, 6.45) is 0.478. The molecule has 0 bridgehead atoms. The van der Waals surface area contributed by atoms with Crippen LogP contribution in [0.3, 0.4) is 0 Å². The minimum absolute atomic E-state index is 0.249. The Morgan fingerprint density at radius 1 is 1.16 bits per heavy atom. The van der Waals surface area contributed by atoms with Crippen LogP contribution in [0.15, 0.2) is 54.6 Å². The van der Waals surface area contributed by atoms with E-state index in [1.807, 2.05) is 24.3 Å². The quantitative estimate of drug-likeness (QED) is 0.420. The smallest absolute Gasteiger partial charge is 0.328 e. The predicted octanol–water partition coefficient (Wildman–Crippen LogP) is 4.80. The highest BCUT2D eigenvalue weighted by Crippen LogP contribution is 2.31. The van der Waals surface area contributed by atoms with Gasteiger partial charge in [-0.25, -0.2) is 14.2 Å². The van der Waals surface area contributed by atoms with Crippen molar-refractivity contribution in [1.29, 1.82) is 0 Å². The highest BCUT2D eigenvalue weighted by Gasteiger charge is 2.30. The van der Waals surface area contributed by atoms with Crippen LogP contribution in [0.25, 0.3) is 21.0 Å². The van der Waals surface area contributed by atoms with Gasteiger partial charge in [-0.2, -0.15) is 0 Å². The number of nitrogens with one attached hydrogen (secondary N) is 1. The number of aromatic nitrogens is 1. The van der Waals surface area contributed by atoms with Gasteiger partial charge >= 0.3 is 5.97 Å². The highest BCUT2D eigenvalue weighted by atomic mass is 32.1. The van der Waals surface area contributed by atoms with E-state index in [0.717, 1.165) is 26.0 Å². The summed E-state index contributed by atoms with van der Waals surface area (Å²) >= 11 is 1.40. The Hall–Kier alpha value is -3.52. The van der Waals surface area contributed by atoms with Gasteiger partial charge in [0.1, 0.15) is 17.1 Å². The minimum atomic E-state index is -1.43. The molecule has 4 aromatic rings. The van der Waals surface area contributed by atoms with Crippen LogP contribution in [0, 0.1) is 5.82 Å². The Morgan fingerprint density at radius 2 is 1.94 bits per heavy atom. The van der Waals surface area contributed by atoms with Gasteiger partial charge in [-0.3, -0.25) is 4.79 Å². The summed E-state index contributed by atoms with van der Waals surface area (Å²) in [6, 6.07) is 15.4. The SMILES string of the molecule is CC(C)(NC(=O)c1ccc2ccccc2c1OCCc1nc2ccc(F)cc2s1)C(=O)O. The zero-order valence-electron chi connectivity index (χ0n) is 17.5. The molecule has 4 rings (SSSR count). The maximum absolute atomic E-state index is 13.4. The topological polar surface area (TPSA) is 88.5 Å². The number of carboxylic acid groups (broad SMARTS) is 1. The lowest BCUT2D eigenvalue weighted by atomic mass is 10.0. The van der Waals surface area contributed by atoms with E-state index in [9.17, 15) is 19.1 Å². The van der Waals surface area contributed by atoms with Crippen LogP contribution in [0.1, 0.15) is 29.2 Å². The molecule has 0 atom stereocenters. The molecule has 2 N–H and O–H groups in total. The molecule has 6 nitrogen and oxygen atoms in total. The molecule has 8 heteroatoms. The van der Waals surface area contributed by atoms with E-state index < -0.39 is 17.4 Å². The van der Waals surface area contributed by atoms with E-state index in [1.54, 1.807) is 18.2 Å². The summed E-state index contributed by atoms with van der Waals surface area (Å²) in [6.45, 7) is 3.09. The number of benzene rings is 3. The third kappa shape index (κ3) is 4.40. The number of ether oxygens (including phenoxy) is 1. The molecule has 0 saturated carbocycles. The molecule has 0 aliphatic heterocycles. The number of aliphatic carboxylic acids is 1. The minimum Gasteiger partial charge on any atom is -0.492 e. The average Bonchev–Trinajstić information content (AvgIpc) is 3.15. The molecule has 1 aromatic heterocycles. The molecule has 0 fully saturated rings. The first-order valence-electron chi connectivity index (χ1n) is 10.00. The highest BCUT2D eigenvalue weighted by molar-refractivity contribution is 7.18. The molecule has 0 aliphatic rings. The zero-order valence-corrected chi connectivity index (χ0v) is 18.3. The van der Waals surface area contributed by atoms with Crippen LogP contribution < -0.4 is 10.1 Å². The second kappa shape index (κ2) is 8.55. The summed E-state index contributed by atoms with van der Waals surface area (Å²) in [5.74, 6) is -1.59. The van der Waals surface area contributed by atoms with Crippen LogP contribution >= 0.6 is 11.3 Å². The van der Waals surface area contributed by atoms with Crippen LogP contribution in [0.4, 0.5) is 4.39 Å². The number of thiazole rings is 1. The van der Waals surface area contributed by atoms with Gasteiger partial charge in [0.25, 0.3) is 5.91 Å². The summed E-state index contributed by atoms with van der Waals surface area (Å²) in [4.78, 5) is 28.8. The van der Waals surface area contributed by atoms with Crippen molar-refractivity contribution < 1.29 is 23.8 Å². The number of carboxylic acids is 1. The van der Waals surface area contributed by atoms with Gasteiger partial charge in [-0.1, -0.05) is 30.3 Å². The number of hydrogen-bond donors (Lipinski definition) is 2. The molecule has 0 aliphatic carbocycles. The van der Waals surface area contributed by atoms with Gasteiger partial charge in [0.05, 0.1) is 27.4 Å². The Labute approximate surface area is 187 Å². The van der Waals surface area contributed by atoms with Crippen molar-refractivity contribution in [3.8, 4) is 5.75 Å². The molecular formula is C24H21FN2O4S. The number of hydrogen-bond acceptors (Lipinski definition) is 5. The number of rotatable bonds is 7. The fourth-order valence-electron chi connectivity index (χ4n) is 3.28.